The summed E-state index contributed by atoms with van der Waals surface area (Å²) in [4.78, 5) is 12.5. The van der Waals surface area contributed by atoms with Crippen molar-refractivity contribution >= 4 is 11.6 Å². The molecule has 0 saturated heterocycles. The Morgan fingerprint density at radius 1 is 0.955 bits per heavy atom. The van der Waals surface area contributed by atoms with Crippen LogP contribution < -0.4 is 5.56 Å². The summed E-state index contributed by atoms with van der Waals surface area (Å²) in [5.74, 6) is 0. The smallest absolute Gasteiger partial charge is 0.277 e. The zero-order valence-corrected chi connectivity index (χ0v) is 12.4. The third-order valence-electron chi connectivity index (χ3n) is 3.88. The first-order valence-electron chi connectivity index (χ1n) is 7.06. The van der Waals surface area contributed by atoms with Gasteiger partial charge < -0.3 is 0 Å². The molecule has 118 valence electrons. The van der Waals surface area contributed by atoms with Crippen LogP contribution in [0.1, 0.15) is 25.0 Å². The number of nitrogens with zero attached hydrogens (tertiary/aromatic N) is 2. The normalized spacial score (nSPS) is 15.5. The van der Waals surface area contributed by atoms with Crippen LogP contribution in [-0.4, -0.2) is 9.36 Å². The van der Waals surface area contributed by atoms with Gasteiger partial charge in [0, 0.05) is 18.1 Å². The molecule has 1 aromatic heterocycles. The lowest BCUT2D eigenvalue weighted by molar-refractivity contribution is -0.144. The van der Waals surface area contributed by atoms with E-state index in [-0.39, 0.29) is 17.7 Å². The van der Waals surface area contributed by atoms with Crippen molar-refractivity contribution in [3.63, 3.8) is 0 Å². The second kappa shape index (κ2) is 5.50. The van der Waals surface area contributed by atoms with E-state index in [9.17, 15) is 18.0 Å². The molecule has 0 bridgehead atoms. The van der Waals surface area contributed by atoms with Crippen molar-refractivity contribution in [1.29, 1.82) is 0 Å². The zero-order chi connectivity index (χ0) is 15.9. The average molecular weight is 331 g/mol. The molecule has 1 aliphatic heterocycles. The molecule has 7 heteroatoms. The molecule has 1 aliphatic rings. The van der Waals surface area contributed by atoms with Gasteiger partial charge in [-0.15, -0.1) is 0 Å². The molecule has 22 heavy (non-hydrogen) atoms. The van der Waals surface area contributed by atoms with Crippen molar-refractivity contribution in [2.45, 2.75) is 38.5 Å². The molecule has 2 heterocycles. The predicted octanol–water partition coefficient (Wildman–Crippen LogP) is 4.17. The third kappa shape index (κ3) is 2.56. The van der Waals surface area contributed by atoms with Crippen LogP contribution in [0.25, 0.3) is 11.1 Å². The van der Waals surface area contributed by atoms with Gasteiger partial charge in [-0.05, 0) is 37.0 Å². The first-order valence-corrected chi connectivity index (χ1v) is 7.44. The van der Waals surface area contributed by atoms with Gasteiger partial charge in [0.2, 0.25) is 0 Å². The summed E-state index contributed by atoms with van der Waals surface area (Å²) >= 11 is 5.78. The Kier molecular flexibility index (Phi) is 3.80. The van der Waals surface area contributed by atoms with E-state index in [1.165, 1.54) is 28.9 Å². The summed E-state index contributed by atoms with van der Waals surface area (Å²) in [6.07, 6.45) is -2.41. The molecule has 2 aromatic rings. The van der Waals surface area contributed by atoms with Gasteiger partial charge in [0.05, 0.1) is 5.56 Å². The number of benzene rings is 1. The van der Waals surface area contributed by atoms with Crippen LogP contribution in [0.3, 0.4) is 0 Å². The van der Waals surface area contributed by atoms with Crippen LogP contribution in [0.2, 0.25) is 5.02 Å². The number of fused-ring (bicyclic) bond motifs is 1. The highest BCUT2D eigenvalue weighted by atomic mass is 35.5. The summed E-state index contributed by atoms with van der Waals surface area (Å²) in [6.45, 7) is 0.521. The minimum atomic E-state index is -4.58. The molecule has 0 saturated carbocycles. The Labute approximate surface area is 129 Å². The second-order valence-corrected chi connectivity index (χ2v) is 5.78. The minimum absolute atomic E-state index is 0.206. The number of hydrogen-bond acceptors (Lipinski definition) is 1. The van der Waals surface area contributed by atoms with E-state index in [1.807, 2.05) is 0 Å². The fraction of sp³-hybridized carbons (Fsp3) is 0.400. The van der Waals surface area contributed by atoms with Crippen molar-refractivity contribution in [2.75, 3.05) is 0 Å². The van der Waals surface area contributed by atoms with Crippen LogP contribution in [0.4, 0.5) is 13.2 Å². The summed E-state index contributed by atoms with van der Waals surface area (Å²) in [7, 11) is 0. The monoisotopic (exact) mass is 330 g/mol. The quantitative estimate of drug-likeness (QED) is 0.771. The molecule has 0 spiro atoms. The van der Waals surface area contributed by atoms with Crippen LogP contribution in [0.5, 0.6) is 0 Å². The second-order valence-electron chi connectivity index (χ2n) is 5.34. The van der Waals surface area contributed by atoms with E-state index in [4.69, 9.17) is 11.6 Å². The van der Waals surface area contributed by atoms with Crippen LogP contribution in [-0.2, 0) is 19.3 Å². The van der Waals surface area contributed by atoms with Crippen molar-refractivity contribution in [3.05, 3.63) is 45.3 Å². The van der Waals surface area contributed by atoms with Gasteiger partial charge >= 0.3 is 6.18 Å². The summed E-state index contributed by atoms with van der Waals surface area (Å²) < 4.78 is 43.0. The van der Waals surface area contributed by atoms with E-state index < -0.39 is 17.4 Å². The fourth-order valence-corrected chi connectivity index (χ4v) is 3.04. The largest absolute Gasteiger partial charge is 0.433 e. The van der Waals surface area contributed by atoms with E-state index in [0.29, 0.717) is 24.4 Å². The van der Waals surface area contributed by atoms with Crippen LogP contribution >= 0.6 is 11.6 Å². The van der Waals surface area contributed by atoms with Crippen molar-refractivity contribution in [2.24, 2.45) is 0 Å². The van der Waals surface area contributed by atoms with Gasteiger partial charge in [0.15, 0.2) is 5.69 Å². The van der Waals surface area contributed by atoms with Gasteiger partial charge in [0.1, 0.15) is 0 Å². The first-order chi connectivity index (χ1) is 10.4. The summed E-state index contributed by atoms with van der Waals surface area (Å²) in [5, 5.41) is 0.415. The lowest BCUT2D eigenvalue weighted by atomic mass is 10.1. The molecule has 0 fully saturated rings. The highest BCUT2D eigenvalue weighted by molar-refractivity contribution is 6.30. The maximum atomic E-state index is 13.5. The zero-order valence-electron chi connectivity index (χ0n) is 11.7. The van der Waals surface area contributed by atoms with E-state index in [2.05, 4.69) is 0 Å². The van der Waals surface area contributed by atoms with Crippen LogP contribution in [0.15, 0.2) is 29.1 Å². The minimum Gasteiger partial charge on any atom is -0.277 e. The summed E-state index contributed by atoms with van der Waals surface area (Å²) in [5.41, 5.74) is -1.49. The number of hydrogen-bond donors (Lipinski definition) is 0. The highest BCUT2D eigenvalue weighted by Gasteiger charge is 2.41. The Hall–Kier alpha value is -1.69. The molecular formula is C15H14ClF3N2O. The topological polar surface area (TPSA) is 26.9 Å². The molecule has 1 aromatic carbocycles. The predicted molar refractivity (Wildman–Crippen MR) is 78.0 cm³/mol. The molecule has 3 nitrogen and oxygen atoms in total. The Balaban J connectivity index is 2.29. The lowest BCUT2D eigenvalue weighted by Crippen LogP contribution is -2.23. The Bertz CT molecular complexity index is 744. The third-order valence-corrected chi connectivity index (χ3v) is 4.13. The van der Waals surface area contributed by atoms with Gasteiger partial charge in [-0.2, -0.15) is 13.2 Å². The maximum Gasteiger partial charge on any atom is 0.433 e. The molecule has 0 atom stereocenters. The highest BCUT2D eigenvalue weighted by Crippen LogP contribution is 2.37. The Morgan fingerprint density at radius 3 is 2.14 bits per heavy atom. The molecular weight excluding hydrogens is 317 g/mol. The number of aromatic nitrogens is 2. The van der Waals surface area contributed by atoms with E-state index >= 15 is 0 Å². The van der Waals surface area contributed by atoms with Crippen molar-refractivity contribution in [1.82, 2.24) is 9.36 Å². The molecule has 0 amide bonds. The number of halogens is 4. The van der Waals surface area contributed by atoms with Crippen molar-refractivity contribution < 1.29 is 13.2 Å². The van der Waals surface area contributed by atoms with Gasteiger partial charge in [0.25, 0.3) is 5.56 Å². The molecule has 0 radical (unpaired) electrons. The molecule has 0 aliphatic carbocycles. The van der Waals surface area contributed by atoms with Gasteiger partial charge in [-0.3, -0.25) is 9.48 Å². The maximum absolute atomic E-state index is 13.5. The number of rotatable bonds is 1. The summed E-state index contributed by atoms with van der Waals surface area (Å²) in [6, 6.07) is 5.89. The molecule has 0 N–H and O–H groups in total. The van der Waals surface area contributed by atoms with Crippen molar-refractivity contribution in [3.8, 4) is 11.1 Å². The fourth-order valence-electron chi connectivity index (χ4n) is 2.91. The SMILES string of the molecule is O=c1c(-c2ccc(Cl)cc2)c(C(F)(F)F)n2n1CCCCC2. The van der Waals surface area contributed by atoms with Gasteiger partial charge in [-0.1, -0.05) is 23.7 Å². The standard InChI is InChI=1S/C15H14ClF3N2O/c16-11-6-4-10(5-7-11)12-13(15(17,18)19)20-8-2-1-3-9-21(20)14(12)22/h4-7H,1-3,8-9H2. The lowest BCUT2D eigenvalue weighted by Gasteiger charge is -2.14. The van der Waals surface area contributed by atoms with Gasteiger partial charge in [-0.25, -0.2) is 4.68 Å². The number of alkyl halides is 3. The average Bonchev–Trinajstić information content (AvgIpc) is 2.62. The first kappa shape index (κ1) is 15.2. The van der Waals surface area contributed by atoms with Crippen LogP contribution in [0, 0.1) is 0 Å². The van der Waals surface area contributed by atoms with E-state index in [0.717, 1.165) is 11.1 Å². The van der Waals surface area contributed by atoms with E-state index in [1.54, 1.807) is 0 Å². The molecule has 0 unspecified atom stereocenters. The Morgan fingerprint density at radius 2 is 1.55 bits per heavy atom. The molecule has 3 rings (SSSR count).